The number of amides is 1. The number of carbonyl (C=O) groups is 1. The van der Waals surface area contributed by atoms with Crippen molar-refractivity contribution in [3.8, 4) is 0 Å². The summed E-state index contributed by atoms with van der Waals surface area (Å²) in [6.07, 6.45) is 0.507. The zero-order valence-electron chi connectivity index (χ0n) is 14.9. The molecule has 1 aliphatic heterocycles. The molecule has 134 valence electrons. The Morgan fingerprint density at radius 2 is 1.84 bits per heavy atom. The van der Waals surface area contributed by atoms with Crippen molar-refractivity contribution in [2.45, 2.75) is 13.0 Å². The van der Waals surface area contributed by atoms with Gasteiger partial charge in [-0.05, 0) is 24.1 Å². The van der Waals surface area contributed by atoms with Crippen LogP contribution in [0.1, 0.15) is 10.4 Å². The zero-order valence-corrected chi connectivity index (χ0v) is 15.8. The standard InChI is InChI=1S/C20H27N3OS/c1-21-9-11-22(12-10-21)13-14-23(17-18-6-3-2-4-7-18)20(24)16-19-8-5-15-25-19/h2-8,15H,9-14,16-17H2,1H3. The zero-order chi connectivity index (χ0) is 17.5. The van der Waals surface area contributed by atoms with Crippen molar-refractivity contribution in [3.63, 3.8) is 0 Å². The monoisotopic (exact) mass is 357 g/mol. The molecular formula is C20H27N3OS. The molecular weight excluding hydrogens is 330 g/mol. The molecule has 3 rings (SSSR count). The number of thiophene rings is 1. The van der Waals surface area contributed by atoms with Gasteiger partial charge in [-0.25, -0.2) is 0 Å². The van der Waals surface area contributed by atoms with Gasteiger partial charge in [0.05, 0.1) is 6.42 Å². The maximum Gasteiger partial charge on any atom is 0.228 e. The second-order valence-corrected chi connectivity index (χ2v) is 7.73. The summed E-state index contributed by atoms with van der Waals surface area (Å²) in [6, 6.07) is 14.4. The summed E-state index contributed by atoms with van der Waals surface area (Å²) in [5, 5.41) is 2.04. The summed E-state index contributed by atoms with van der Waals surface area (Å²) < 4.78 is 0. The number of rotatable bonds is 7. The van der Waals surface area contributed by atoms with Crippen molar-refractivity contribution < 1.29 is 4.79 Å². The molecule has 1 aliphatic rings. The average molecular weight is 358 g/mol. The minimum absolute atomic E-state index is 0.223. The maximum atomic E-state index is 12.8. The average Bonchev–Trinajstić information content (AvgIpc) is 3.14. The molecule has 25 heavy (non-hydrogen) atoms. The van der Waals surface area contributed by atoms with Crippen molar-refractivity contribution in [2.24, 2.45) is 0 Å². The van der Waals surface area contributed by atoms with E-state index in [1.807, 2.05) is 40.6 Å². The molecule has 1 fully saturated rings. The molecule has 0 N–H and O–H groups in total. The molecule has 0 atom stereocenters. The quantitative estimate of drug-likeness (QED) is 0.762. The van der Waals surface area contributed by atoms with Gasteiger partial charge in [-0.2, -0.15) is 0 Å². The second-order valence-electron chi connectivity index (χ2n) is 6.70. The number of carbonyl (C=O) groups excluding carboxylic acids is 1. The minimum atomic E-state index is 0.223. The molecule has 1 amide bonds. The summed E-state index contributed by atoms with van der Waals surface area (Å²) >= 11 is 1.66. The summed E-state index contributed by atoms with van der Waals surface area (Å²) in [5.74, 6) is 0.223. The van der Waals surface area contributed by atoms with Gasteiger partial charge in [-0.1, -0.05) is 36.4 Å². The van der Waals surface area contributed by atoms with Crippen molar-refractivity contribution >= 4 is 17.2 Å². The van der Waals surface area contributed by atoms with Gasteiger partial charge in [0, 0.05) is 50.7 Å². The molecule has 5 heteroatoms. The smallest absolute Gasteiger partial charge is 0.228 e. The van der Waals surface area contributed by atoms with Crippen LogP contribution in [0.4, 0.5) is 0 Å². The Balaban J connectivity index is 1.60. The lowest BCUT2D eigenvalue weighted by Gasteiger charge is -2.34. The van der Waals surface area contributed by atoms with Gasteiger partial charge in [0.2, 0.25) is 5.91 Å². The lowest BCUT2D eigenvalue weighted by atomic mass is 10.2. The van der Waals surface area contributed by atoms with Crippen LogP contribution in [0.2, 0.25) is 0 Å². The highest BCUT2D eigenvalue weighted by Gasteiger charge is 2.18. The Hall–Kier alpha value is -1.69. The lowest BCUT2D eigenvalue weighted by molar-refractivity contribution is -0.131. The van der Waals surface area contributed by atoms with Crippen LogP contribution < -0.4 is 0 Å². The molecule has 1 aromatic heterocycles. The number of benzene rings is 1. The minimum Gasteiger partial charge on any atom is -0.337 e. The summed E-state index contributed by atoms with van der Waals surface area (Å²) in [6.45, 7) is 6.85. The molecule has 4 nitrogen and oxygen atoms in total. The van der Waals surface area contributed by atoms with Gasteiger partial charge in [0.15, 0.2) is 0 Å². The lowest BCUT2D eigenvalue weighted by Crippen LogP contribution is -2.47. The largest absolute Gasteiger partial charge is 0.337 e. The van der Waals surface area contributed by atoms with E-state index in [9.17, 15) is 4.79 Å². The van der Waals surface area contributed by atoms with E-state index < -0.39 is 0 Å². The van der Waals surface area contributed by atoms with E-state index >= 15 is 0 Å². The Labute approximate surface area is 154 Å². The van der Waals surface area contributed by atoms with Gasteiger partial charge in [0.1, 0.15) is 0 Å². The van der Waals surface area contributed by atoms with Crippen molar-refractivity contribution in [1.29, 1.82) is 0 Å². The van der Waals surface area contributed by atoms with Crippen LogP contribution in [0, 0.1) is 0 Å². The molecule has 0 saturated carbocycles. The maximum absolute atomic E-state index is 12.8. The fourth-order valence-corrected chi connectivity index (χ4v) is 3.80. The van der Waals surface area contributed by atoms with Crippen LogP contribution in [0.5, 0.6) is 0 Å². The highest BCUT2D eigenvalue weighted by atomic mass is 32.1. The first-order chi connectivity index (χ1) is 12.2. The molecule has 2 aromatic rings. The highest BCUT2D eigenvalue weighted by molar-refractivity contribution is 7.10. The SMILES string of the molecule is CN1CCN(CCN(Cc2ccccc2)C(=O)Cc2cccs2)CC1. The summed E-state index contributed by atoms with van der Waals surface area (Å²) in [4.78, 5) is 20.8. The van der Waals surface area contributed by atoms with Gasteiger partial charge >= 0.3 is 0 Å². The van der Waals surface area contributed by atoms with E-state index in [-0.39, 0.29) is 5.91 Å². The van der Waals surface area contributed by atoms with E-state index in [1.54, 1.807) is 11.3 Å². The molecule has 0 spiro atoms. The van der Waals surface area contributed by atoms with Crippen LogP contribution in [0.25, 0.3) is 0 Å². The second kappa shape index (κ2) is 9.13. The number of piperazine rings is 1. The Morgan fingerprint density at radius 1 is 1.08 bits per heavy atom. The van der Waals surface area contributed by atoms with Gasteiger partial charge in [-0.15, -0.1) is 11.3 Å². The molecule has 2 heterocycles. The van der Waals surface area contributed by atoms with E-state index in [0.29, 0.717) is 13.0 Å². The first-order valence-corrected chi connectivity index (χ1v) is 9.83. The fourth-order valence-electron chi connectivity index (χ4n) is 3.10. The molecule has 0 aliphatic carbocycles. The van der Waals surface area contributed by atoms with Crippen LogP contribution >= 0.6 is 11.3 Å². The topological polar surface area (TPSA) is 26.8 Å². The fraction of sp³-hybridized carbons (Fsp3) is 0.450. The van der Waals surface area contributed by atoms with E-state index in [0.717, 1.165) is 44.1 Å². The Morgan fingerprint density at radius 3 is 2.52 bits per heavy atom. The van der Waals surface area contributed by atoms with E-state index in [2.05, 4.69) is 29.0 Å². The third-order valence-electron chi connectivity index (χ3n) is 4.76. The van der Waals surface area contributed by atoms with Crippen LogP contribution in [0.15, 0.2) is 47.8 Å². The first-order valence-electron chi connectivity index (χ1n) is 8.96. The third kappa shape index (κ3) is 5.66. The van der Waals surface area contributed by atoms with E-state index in [4.69, 9.17) is 0 Å². The van der Waals surface area contributed by atoms with Crippen LogP contribution in [0.3, 0.4) is 0 Å². The van der Waals surface area contributed by atoms with Crippen LogP contribution in [-0.4, -0.2) is 66.9 Å². The van der Waals surface area contributed by atoms with Crippen molar-refractivity contribution in [1.82, 2.24) is 14.7 Å². The van der Waals surface area contributed by atoms with Gasteiger partial charge < -0.3 is 9.80 Å². The molecule has 0 radical (unpaired) electrons. The first kappa shape index (κ1) is 18.1. The summed E-state index contributed by atoms with van der Waals surface area (Å²) in [7, 11) is 2.17. The number of hydrogen-bond donors (Lipinski definition) is 0. The Kier molecular flexibility index (Phi) is 6.62. The Bertz CT molecular complexity index is 636. The van der Waals surface area contributed by atoms with Gasteiger partial charge in [-0.3, -0.25) is 9.69 Å². The molecule has 0 unspecified atom stereocenters. The van der Waals surface area contributed by atoms with Crippen molar-refractivity contribution in [3.05, 3.63) is 58.3 Å². The molecule has 0 bridgehead atoms. The van der Waals surface area contributed by atoms with Crippen LogP contribution in [-0.2, 0) is 17.8 Å². The number of likely N-dealkylation sites (N-methyl/N-ethyl adjacent to an activating group) is 1. The highest BCUT2D eigenvalue weighted by Crippen LogP contribution is 2.13. The number of nitrogens with zero attached hydrogens (tertiary/aromatic N) is 3. The molecule has 1 aromatic carbocycles. The third-order valence-corrected chi connectivity index (χ3v) is 5.63. The van der Waals surface area contributed by atoms with Gasteiger partial charge in [0.25, 0.3) is 0 Å². The summed E-state index contributed by atoms with van der Waals surface area (Å²) in [5.41, 5.74) is 1.19. The van der Waals surface area contributed by atoms with Crippen molar-refractivity contribution in [2.75, 3.05) is 46.3 Å². The van der Waals surface area contributed by atoms with E-state index in [1.165, 1.54) is 5.56 Å². The number of hydrogen-bond acceptors (Lipinski definition) is 4. The predicted molar refractivity (Wildman–Crippen MR) is 104 cm³/mol. The molecule has 1 saturated heterocycles. The normalized spacial score (nSPS) is 16.0. The predicted octanol–water partition coefficient (Wildman–Crippen LogP) is 2.57.